The molecule has 0 atom stereocenters. The molecule has 0 aromatic heterocycles. The second-order valence-electron chi connectivity index (χ2n) is 5.42. The molecule has 1 aliphatic carbocycles. The summed E-state index contributed by atoms with van der Waals surface area (Å²) in [4.78, 5) is 8.66. The maximum Gasteiger partial charge on any atom is -0.358 e. The first-order chi connectivity index (χ1) is 8.50. The molecule has 0 radical (unpaired) electrons. The van der Waals surface area contributed by atoms with Gasteiger partial charge in [-0.2, -0.15) is 6.08 Å². The minimum atomic E-state index is -1.61. The zero-order chi connectivity index (χ0) is 16.5. The fourth-order valence-electron chi connectivity index (χ4n) is 0.340. The minimum absolute atomic E-state index is 0. The second kappa shape index (κ2) is 29.9. The molecular formula is C15H36Cl2NO2SiZr-3. The smallest absolute Gasteiger partial charge is 0.358 e. The van der Waals surface area contributed by atoms with Gasteiger partial charge in [-0.15, -0.1) is 36.8 Å². The average molecular weight is 453 g/mol. The number of rotatable bonds is 0. The molecule has 7 heteroatoms. The molecule has 1 rings (SSSR count). The normalized spacial score (nSPS) is 9.86. The van der Waals surface area contributed by atoms with Crippen LogP contribution in [0.25, 0.3) is 5.73 Å². The molecule has 1 aliphatic rings. The van der Waals surface area contributed by atoms with Crippen molar-refractivity contribution in [3.8, 4) is 0 Å². The summed E-state index contributed by atoms with van der Waals surface area (Å²) in [5.74, 6) is 0. The van der Waals surface area contributed by atoms with Crippen LogP contribution in [0.5, 0.6) is 0 Å². The van der Waals surface area contributed by atoms with Crippen molar-refractivity contribution < 1.29 is 34.1 Å². The summed E-state index contributed by atoms with van der Waals surface area (Å²) < 4.78 is 3.34. The van der Waals surface area contributed by atoms with Gasteiger partial charge in [0.15, 0.2) is 8.32 Å². The molecule has 0 saturated carbocycles. The van der Waals surface area contributed by atoms with Gasteiger partial charge < -0.3 is 23.1 Å². The van der Waals surface area contributed by atoms with Gasteiger partial charge in [0.1, 0.15) is 0 Å². The molecule has 0 bridgehead atoms. The van der Waals surface area contributed by atoms with Gasteiger partial charge in [-0.1, -0.05) is 20.8 Å². The van der Waals surface area contributed by atoms with Crippen LogP contribution < -0.4 is 0 Å². The van der Waals surface area contributed by atoms with E-state index in [0.717, 1.165) is 13.5 Å². The van der Waals surface area contributed by atoms with Crippen molar-refractivity contribution in [1.29, 1.82) is 0 Å². The maximum atomic E-state index is 8.66. The fourth-order valence-corrected chi connectivity index (χ4v) is 0.340. The van der Waals surface area contributed by atoms with E-state index >= 15 is 0 Å². The summed E-state index contributed by atoms with van der Waals surface area (Å²) >= 11 is 1.30. The molecule has 0 aliphatic heterocycles. The van der Waals surface area contributed by atoms with E-state index in [1.807, 2.05) is 52.6 Å². The van der Waals surface area contributed by atoms with Crippen LogP contribution >= 0.6 is 24.8 Å². The van der Waals surface area contributed by atoms with Crippen molar-refractivity contribution in [3.05, 3.63) is 37.5 Å². The third-order valence-corrected chi connectivity index (χ3v) is 0.586. The Bertz CT molecular complexity index is 195. The number of hydrogen-bond donors (Lipinski definition) is 2. The molecule has 0 spiro atoms. The molecular weight excluding hydrogens is 416 g/mol. The van der Waals surface area contributed by atoms with Gasteiger partial charge in [0.05, 0.1) is 0 Å². The number of nitrogens with one attached hydrogen (secondary N) is 1. The van der Waals surface area contributed by atoms with Gasteiger partial charge in [-0.25, -0.2) is 12.2 Å². The molecule has 3 nitrogen and oxygen atoms in total. The van der Waals surface area contributed by atoms with E-state index in [0.29, 0.717) is 0 Å². The van der Waals surface area contributed by atoms with Crippen molar-refractivity contribution in [3.63, 3.8) is 0 Å². The summed E-state index contributed by atoms with van der Waals surface area (Å²) in [6, 6.07) is 0. The number of halogens is 2. The summed E-state index contributed by atoms with van der Waals surface area (Å²) in [5.41, 5.74) is 6.69. The molecule has 138 valence electrons. The first kappa shape index (κ1) is 43.4. The first-order valence-electron chi connectivity index (χ1n) is 5.99. The van der Waals surface area contributed by atoms with Crippen LogP contribution in [-0.4, -0.2) is 35.1 Å². The van der Waals surface area contributed by atoms with Crippen molar-refractivity contribution in [1.82, 2.24) is 0 Å². The zero-order valence-corrected chi connectivity index (χ0v) is 20.4. The minimum Gasteiger partial charge on any atom is -0.358 e. The molecule has 0 aromatic rings. The summed E-state index contributed by atoms with van der Waals surface area (Å²) in [6.45, 7) is 11.2. The van der Waals surface area contributed by atoms with Crippen LogP contribution in [0, 0.1) is 13.5 Å². The molecule has 0 aromatic carbocycles. The Balaban J connectivity index is -0.0000000259. The van der Waals surface area contributed by atoms with Gasteiger partial charge in [0.25, 0.3) is 0 Å². The maximum absolute atomic E-state index is 8.66. The van der Waals surface area contributed by atoms with Gasteiger partial charge in [-0.3, -0.25) is 6.08 Å². The van der Waals surface area contributed by atoms with Crippen molar-refractivity contribution in [2.75, 3.05) is 7.11 Å². The Hall–Kier alpha value is 0.910. The molecule has 0 unspecified atom stereocenters. The second-order valence-corrected chi connectivity index (χ2v) is 9.77. The number of hydrogen-bond acceptors (Lipinski definition) is 2. The molecule has 0 fully saturated rings. The van der Waals surface area contributed by atoms with Crippen molar-refractivity contribution in [2.45, 2.75) is 52.4 Å². The first-order valence-corrected chi connectivity index (χ1v) is 11.2. The number of allylic oxidation sites excluding steroid dienone is 4. The SMILES string of the molecule is CC(C)(C)[NH-].CO.C[Si](C)(C)O.Cl.Cl.[C-]1=CC=CC1.[CH2]=[Zr].[CH3-]. The van der Waals surface area contributed by atoms with Crippen molar-refractivity contribution >= 4 is 37.3 Å². The molecule has 0 amide bonds. The van der Waals surface area contributed by atoms with Gasteiger partial charge >= 0.3 is 28.4 Å². The van der Waals surface area contributed by atoms with Crippen LogP contribution in [0.1, 0.15) is 27.2 Å². The van der Waals surface area contributed by atoms with E-state index in [-0.39, 0.29) is 37.8 Å². The topological polar surface area (TPSA) is 64.3 Å². The van der Waals surface area contributed by atoms with Gasteiger partial charge in [0, 0.05) is 7.11 Å². The van der Waals surface area contributed by atoms with Crippen molar-refractivity contribution in [2.24, 2.45) is 0 Å². The predicted molar refractivity (Wildman–Crippen MR) is 107 cm³/mol. The van der Waals surface area contributed by atoms with Gasteiger partial charge in [0.2, 0.25) is 0 Å². The fraction of sp³-hybridized carbons (Fsp3) is 0.600. The van der Waals surface area contributed by atoms with Gasteiger partial charge in [-0.05, 0) is 19.6 Å². The van der Waals surface area contributed by atoms with E-state index in [1.165, 1.54) is 24.2 Å². The third-order valence-electron chi connectivity index (χ3n) is 0.586. The van der Waals surface area contributed by atoms with Crippen LogP contribution in [0.2, 0.25) is 19.6 Å². The quantitative estimate of drug-likeness (QED) is 0.409. The Labute approximate surface area is 167 Å². The predicted octanol–water partition coefficient (Wildman–Crippen LogP) is 4.82. The Kier molecular flexibility index (Phi) is 59.0. The van der Waals surface area contributed by atoms with E-state index in [4.69, 9.17) is 15.6 Å². The van der Waals surface area contributed by atoms with E-state index in [2.05, 4.69) is 16.4 Å². The summed E-state index contributed by atoms with van der Waals surface area (Å²) in [5, 5.41) is 7.00. The zero-order valence-electron chi connectivity index (χ0n) is 15.4. The summed E-state index contributed by atoms with van der Waals surface area (Å²) in [7, 11) is -0.611. The molecule has 22 heavy (non-hydrogen) atoms. The Morgan fingerprint density at radius 2 is 1.36 bits per heavy atom. The molecule has 3 N–H and O–H groups in total. The Morgan fingerprint density at radius 3 is 1.41 bits per heavy atom. The van der Waals surface area contributed by atoms with Crippen LogP contribution in [0.3, 0.4) is 0 Å². The molecule has 0 heterocycles. The Morgan fingerprint density at radius 1 is 1.14 bits per heavy atom. The van der Waals surface area contributed by atoms with Crippen LogP contribution in [-0.2, 0) is 24.2 Å². The number of aliphatic hydroxyl groups is 1. The standard InChI is InChI=1S/C5H5.C4H10N.C3H10OSi.CH4O.CH3.CH2.2ClH.Zr/c1-2-4-5-3-1;1-4(2,3)5;1-5(2,3)4;1-2;;;;;/h1-3H,4H2;5H,1-3H3;4H,1-3H3;2H,1H3;1H3;1H2;2*1H;/q2*-1;;;-1;;;;. The molecule has 0 saturated heterocycles. The third kappa shape index (κ3) is 237. The van der Waals surface area contributed by atoms with Crippen LogP contribution in [0.4, 0.5) is 0 Å². The number of aliphatic hydroxyl groups excluding tert-OH is 1. The van der Waals surface area contributed by atoms with E-state index in [9.17, 15) is 0 Å². The summed E-state index contributed by atoms with van der Waals surface area (Å²) in [6.07, 6.45) is 10.0. The van der Waals surface area contributed by atoms with Crippen LogP contribution in [0.15, 0.2) is 18.2 Å². The monoisotopic (exact) mass is 450 g/mol. The van der Waals surface area contributed by atoms with E-state index < -0.39 is 8.32 Å². The van der Waals surface area contributed by atoms with E-state index in [1.54, 1.807) is 0 Å². The largest absolute Gasteiger partial charge is 0.358 e. The average Bonchev–Trinajstić information content (AvgIpc) is 2.75.